The number of aryl methyl sites for hydroxylation is 1. The largest absolute Gasteiger partial charge is 1.00 e. The number of rotatable bonds is 6. The van der Waals surface area contributed by atoms with Gasteiger partial charge in [0.15, 0.2) is 0 Å². The van der Waals surface area contributed by atoms with Gasteiger partial charge in [0, 0.05) is 5.97 Å². The summed E-state index contributed by atoms with van der Waals surface area (Å²) in [4.78, 5) is 20.6. The molecule has 0 amide bonds. The number of aromatic hydroxyl groups is 1. The number of carboxylic acids is 2. The summed E-state index contributed by atoms with van der Waals surface area (Å²) in [6.45, 7) is -0.517. The molecule has 0 heterocycles. The molecule has 1 aromatic rings. The van der Waals surface area contributed by atoms with Crippen molar-refractivity contribution in [3.63, 3.8) is 0 Å². The van der Waals surface area contributed by atoms with Crippen LogP contribution in [0.2, 0.25) is 5.02 Å². The summed E-state index contributed by atoms with van der Waals surface area (Å²) in [5.74, 6) is -2.87. The smallest absolute Gasteiger partial charge is 0.550 e. The number of halogens is 1. The van der Waals surface area contributed by atoms with Crippen molar-refractivity contribution in [2.24, 2.45) is 0 Å². The molecule has 1 rings (SSSR count). The molecule has 0 aliphatic heterocycles. The summed E-state index contributed by atoms with van der Waals surface area (Å²) in [6.07, 6.45) is -0.194. The van der Waals surface area contributed by atoms with Crippen molar-refractivity contribution < 1.29 is 128 Å². The first-order chi connectivity index (χ1) is 8.41. The Hall–Kier alpha value is 1.32. The van der Waals surface area contributed by atoms with E-state index in [1.807, 2.05) is 0 Å². The minimum Gasteiger partial charge on any atom is -0.550 e. The van der Waals surface area contributed by atoms with E-state index in [-0.39, 0.29) is 132 Å². The zero-order valence-corrected chi connectivity index (χ0v) is 18.2. The molecule has 0 aromatic heterocycles. The van der Waals surface area contributed by atoms with Gasteiger partial charge in [-0.05, 0) is 24.5 Å². The predicted octanol–water partition coefficient (Wildman–Crippen LogP) is -7.10. The van der Waals surface area contributed by atoms with Gasteiger partial charge in [0.05, 0.1) is 23.2 Å². The maximum Gasteiger partial charge on any atom is 1.00 e. The second-order valence-corrected chi connectivity index (χ2v) is 3.93. The molecule has 0 radical (unpaired) electrons. The molecule has 2 N–H and O–H groups in total. The number of phenolic OH excluding ortho intramolecular Hbond substituents is 1. The van der Waals surface area contributed by atoms with Crippen molar-refractivity contribution in [2.75, 3.05) is 11.9 Å². The van der Waals surface area contributed by atoms with E-state index in [0.29, 0.717) is 5.56 Å². The van der Waals surface area contributed by atoms with Gasteiger partial charge in [0.1, 0.15) is 5.75 Å². The van der Waals surface area contributed by atoms with Crippen LogP contribution in [0.25, 0.3) is 0 Å². The van der Waals surface area contributed by atoms with E-state index in [1.165, 1.54) is 12.1 Å². The van der Waals surface area contributed by atoms with E-state index in [4.69, 9.17) is 11.6 Å². The molecular formula is C11H10ClK2NO5. The molecule has 0 saturated heterocycles. The summed E-state index contributed by atoms with van der Waals surface area (Å²) >= 11 is 5.78. The molecule has 1 aromatic carbocycles. The van der Waals surface area contributed by atoms with E-state index in [0.717, 1.165) is 0 Å². The molecule has 0 fully saturated rings. The molecular weight excluding hydrogens is 340 g/mol. The van der Waals surface area contributed by atoms with E-state index in [2.05, 4.69) is 5.32 Å². The van der Waals surface area contributed by atoms with Gasteiger partial charge in [0.25, 0.3) is 0 Å². The fourth-order valence-electron chi connectivity index (χ4n) is 1.38. The third-order valence-electron chi connectivity index (χ3n) is 2.22. The van der Waals surface area contributed by atoms with Crippen LogP contribution >= 0.6 is 11.6 Å². The predicted molar refractivity (Wildman–Crippen MR) is 59.9 cm³/mol. The zero-order valence-electron chi connectivity index (χ0n) is 11.2. The molecule has 98 valence electrons. The third-order valence-corrected chi connectivity index (χ3v) is 2.53. The average molecular weight is 350 g/mol. The van der Waals surface area contributed by atoms with Crippen molar-refractivity contribution in [3.8, 4) is 5.75 Å². The number of hydrogen-bond donors (Lipinski definition) is 2. The van der Waals surface area contributed by atoms with Crippen LogP contribution in [-0.2, 0) is 16.0 Å². The van der Waals surface area contributed by atoms with E-state index in [1.54, 1.807) is 0 Å². The molecule has 0 bridgehead atoms. The maximum absolute atomic E-state index is 10.3. The van der Waals surface area contributed by atoms with Gasteiger partial charge in [-0.15, -0.1) is 0 Å². The maximum atomic E-state index is 10.3. The van der Waals surface area contributed by atoms with Crippen molar-refractivity contribution in [1.82, 2.24) is 0 Å². The first kappa shape index (κ1) is 23.6. The summed E-state index contributed by atoms with van der Waals surface area (Å²) in [7, 11) is 0. The number of hydrogen-bond acceptors (Lipinski definition) is 6. The molecule has 6 nitrogen and oxygen atoms in total. The van der Waals surface area contributed by atoms with E-state index >= 15 is 0 Å². The topological polar surface area (TPSA) is 113 Å². The Bertz CT molecular complexity index is 484. The number of carboxylic acid groups (broad SMARTS) is 2. The van der Waals surface area contributed by atoms with Crippen LogP contribution in [0, 0.1) is 0 Å². The van der Waals surface area contributed by atoms with Gasteiger partial charge in [-0.2, -0.15) is 0 Å². The number of carbonyl (C=O) groups is 2. The van der Waals surface area contributed by atoms with Crippen LogP contribution in [-0.4, -0.2) is 23.6 Å². The third kappa shape index (κ3) is 8.09. The number of anilines is 1. The minimum absolute atomic E-state index is 0. The Labute approximate surface area is 206 Å². The number of phenols is 1. The van der Waals surface area contributed by atoms with E-state index < -0.39 is 18.5 Å². The van der Waals surface area contributed by atoms with Gasteiger partial charge >= 0.3 is 103 Å². The monoisotopic (exact) mass is 349 g/mol. The van der Waals surface area contributed by atoms with Gasteiger partial charge in [-0.1, -0.05) is 17.7 Å². The second kappa shape index (κ2) is 11.8. The first-order valence-corrected chi connectivity index (χ1v) is 5.43. The van der Waals surface area contributed by atoms with Crippen LogP contribution in [0.1, 0.15) is 12.0 Å². The van der Waals surface area contributed by atoms with E-state index in [9.17, 15) is 24.9 Å². The number of aliphatic carboxylic acids is 2. The fourth-order valence-corrected chi connectivity index (χ4v) is 1.60. The Balaban J connectivity index is 0. The quantitative estimate of drug-likeness (QED) is 0.390. The Morgan fingerprint density at radius 2 is 1.80 bits per heavy atom. The second-order valence-electron chi connectivity index (χ2n) is 3.53. The van der Waals surface area contributed by atoms with Crippen LogP contribution < -0.4 is 118 Å². The summed E-state index contributed by atoms with van der Waals surface area (Å²) < 4.78 is 0. The summed E-state index contributed by atoms with van der Waals surface area (Å²) in [5.41, 5.74) is 0.376. The molecule has 20 heavy (non-hydrogen) atoms. The van der Waals surface area contributed by atoms with Crippen molar-refractivity contribution in [1.29, 1.82) is 0 Å². The van der Waals surface area contributed by atoms with Gasteiger partial charge in [-0.3, -0.25) is 0 Å². The summed E-state index contributed by atoms with van der Waals surface area (Å²) in [6, 6.07) is 2.90. The van der Waals surface area contributed by atoms with Gasteiger partial charge in [-0.25, -0.2) is 0 Å². The van der Waals surface area contributed by atoms with Crippen molar-refractivity contribution >= 4 is 29.2 Å². The van der Waals surface area contributed by atoms with Crippen LogP contribution in [0.3, 0.4) is 0 Å². The molecule has 0 atom stereocenters. The molecule has 0 spiro atoms. The standard InChI is InChI=1S/C11H12ClNO5.2K/c12-7-3-1-6(2-4-8(14)15)11(18)10(7)13-5-9(16)17;;/h1,3,13,18H,2,4-5H2,(H,14,15)(H,16,17);;/q;2*+1/p-2. The molecule has 0 aliphatic carbocycles. The Kier molecular flexibility index (Phi) is 14.0. The number of nitrogens with one attached hydrogen (secondary N) is 1. The minimum atomic E-state index is -1.36. The van der Waals surface area contributed by atoms with Gasteiger partial charge < -0.3 is 30.2 Å². The van der Waals surface area contributed by atoms with Crippen molar-refractivity contribution in [3.05, 3.63) is 22.7 Å². The van der Waals surface area contributed by atoms with Crippen LogP contribution in [0.5, 0.6) is 5.75 Å². The molecule has 0 aliphatic rings. The first-order valence-electron chi connectivity index (χ1n) is 5.05. The molecule has 9 heteroatoms. The normalized spacial score (nSPS) is 9.05. The Morgan fingerprint density at radius 3 is 2.30 bits per heavy atom. The SMILES string of the molecule is O=C([O-])CCc1ccc(Cl)c(NCC(=O)[O-])c1O.[K+].[K+]. The fraction of sp³-hybridized carbons (Fsp3) is 0.273. The number of carbonyl (C=O) groups excluding carboxylic acids is 2. The molecule has 0 saturated carbocycles. The van der Waals surface area contributed by atoms with Crippen LogP contribution in [0.15, 0.2) is 12.1 Å². The summed E-state index contributed by atoms with van der Waals surface area (Å²) in [5, 5.41) is 33.0. The van der Waals surface area contributed by atoms with Crippen LogP contribution in [0.4, 0.5) is 5.69 Å². The average Bonchev–Trinajstić information content (AvgIpc) is 2.27. The molecule has 0 unspecified atom stereocenters. The number of benzene rings is 1. The van der Waals surface area contributed by atoms with Gasteiger partial charge in [0.2, 0.25) is 0 Å². The van der Waals surface area contributed by atoms with Crippen molar-refractivity contribution in [2.45, 2.75) is 12.8 Å². The Morgan fingerprint density at radius 1 is 1.20 bits per heavy atom. The zero-order chi connectivity index (χ0) is 13.7.